The summed E-state index contributed by atoms with van der Waals surface area (Å²) in [5.41, 5.74) is -0.971. The van der Waals surface area contributed by atoms with Crippen molar-refractivity contribution in [2.24, 2.45) is 17.8 Å². The second-order valence-electron chi connectivity index (χ2n) is 9.92. The first-order chi connectivity index (χ1) is 16.8. The molecule has 2 amide bonds. The summed E-state index contributed by atoms with van der Waals surface area (Å²) in [5.74, 6) is -2.02. The van der Waals surface area contributed by atoms with E-state index in [9.17, 15) is 35.6 Å². The van der Waals surface area contributed by atoms with E-state index in [0.717, 1.165) is 24.8 Å². The third-order valence-corrected chi connectivity index (χ3v) is 8.35. The molecule has 2 saturated carbocycles. The van der Waals surface area contributed by atoms with Gasteiger partial charge >= 0.3 is 6.18 Å². The van der Waals surface area contributed by atoms with Crippen molar-refractivity contribution in [1.82, 2.24) is 10.2 Å². The van der Waals surface area contributed by atoms with Gasteiger partial charge < -0.3 is 10.2 Å². The standard InChI is InChI=1S/C25H24F4N2O4S/c1-36(34,35)17-4-2-3-14(9-17)24(33)31-12-15-10-19(15)22(31)23(32)30-21(13-5-6-13)18-8-7-16(11-20(18)26)25(27,28)29/h2-4,7-9,11,13,15,19,21-22H,5-6,10,12H2,1H3,(H,30,32)/t15-,19-,21?,22+/m0/s1. The fourth-order valence-electron chi connectivity index (χ4n) is 5.11. The van der Waals surface area contributed by atoms with E-state index in [1.807, 2.05) is 0 Å². The third-order valence-electron chi connectivity index (χ3n) is 7.24. The number of carbonyl (C=O) groups excluding carboxylic acids is 2. The second-order valence-corrected chi connectivity index (χ2v) is 11.9. The molecule has 0 spiro atoms. The zero-order chi connectivity index (χ0) is 26.0. The van der Waals surface area contributed by atoms with Crippen molar-refractivity contribution in [2.75, 3.05) is 12.8 Å². The van der Waals surface area contributed by atoms with Gasteiger partial charge in [-0.15, -0.1) is 0 Å². The van der Waals surface area contributed by atoms with E-state index in [4.69, 9.17) is 0 Å². The number of benzene rings is 2. The Hall–Kier alpha value is -2.95. The van der Waals surface area contributed by atoms with Crippen LogP contribution in [0.5, 0.6) is 0 Å². The van der Waals surface area contributed by atoms with E-state index in [2.05, 4.69) is 5.32 Å². The second kappa shape index (κ2) is 8.57. The number of rotatable bonds is 6. The summed E-state index contributed by atoms with van der Waals surface area (Å²) in [7, 11) is -3.54. The minimum atomic E-state index is -4.68. The molecule has 3 fully saturated rings. The molecule has 0 bridgehead atoms. The molecule has 192 valence electrons. The van der Waals surface area contributed by atoms with Crippen LogP contribution in [0, 0.1) is 23.6 Å². The van der Waals surface area contributed by atoms with Crippen LogP contribution in [0.1, 0.15) is 46.8 Å². The Morgan fingerprint density at radius 1 is 1.11 bits per heavy atom. The molecule has 1 N–H and O–H groups in total. The quantitative estimate of drug-likeness (QED) is 0.580. The van der Waals surface area contributed by atoms with Crippen LogP contribution in [0.3, 0.4) is 0 Å². The lowest BCUT2D eigenvalue weighted by Crippen LogP contribution is -2.49. The zero-order valence-electron chi connectivity index (χ0n) is 19.3. The van der Waals surface area contributed by atoms with Gasteiger partial charge in [-0.05, 0) is 67.3 Å². The highest BCUT2D eigenvalue weighted by Gasteiger charge is 2.57. The first-order valence-corrected chi connectivity index (χ1v) is 13.5. The van der Waals surface area contributed by atoms with Crippen LogP contribution < -0.4 is 5.32 Å². The van der Waals surface area contributed by atoms with Crippen LogP contribution in [0.15, 0.2) is 47.4 Å². The highest BCUT2D eigenvalue weighted by Crippen LogP contribution is 2.50. The predicted octanol–water partition coefficient (Wildman–Crippen LogP) is 3.98. The van der Waals surface area contributed by atoms with Crippen molar-refractivity contribution >= 4 is 21.7 Å². The fraction of sp³-hybridized carbons (Fsp3) is 0.440. The van der Waals surface area contributed by atoms with Gasteiger partial charge in [0.25, 0.3) is 5.91 Å². The summed E-state index contributed by atoms with van der Waals surface area (Å²) in [4.78, 5) is 28.1. The van der Waals surface area contributed by atoms with Crippen LogP contribution in [-0.4, -0.2) is 44.0 Å². The lowest BCUT2D eigenvalue weighted by molar-refractivity contribution is -0.137. The molecule has 6 nitrogen and oxygen atoms in total. The number of amides is 2. The van der Waals surface area contributed by atoms with Gasteiger partial charge in [-0.1, -0.05) is 12.1 Å². The van der Waals surface area contributed by atoms with Gasteiger partial charge in [0.2, 0.25) is 5.91 Å². The molecule has 1 heterocycles. The molecule has 1 aliphatic heterocycles. The molecule has 2 aliphatic carbocycles. The highest BCUT2D eigenvalue weighted by molar-refractivity contribution is 7.90. The molecule has 0 aromatic heterocycles. The Morgan fingerprint density at radius 2 is 1.83 bits per heavy atom. The Bertz CT molecular complexity index is 1340. The van der Waals surface area contributed by atoms with Gasteiger partial charge in [-0.3, -0.25) is 9.59 Å². The molecule has 3 aliphatic rings. The fourth-order valence-corrected chi connectivity index (χ4v) is 5.78. The van der Waals surface area contributed by atoms with E-state index in [1.54, 1.807) is 0 Å². The van der Waals surface area contributed by atoms with Gasteiger partial charge in [0, 0.05) is 23.9 Å². The van der Waals surface area contributed by atoms with Gasteiger partial charge in [0.1, 0.15) is 11.9 Å². The van der Waals surface area contributed by atoms with E-state index < -0.39 is 51.3 Å². The van der Waals surface area contributed by atoms with Crippen molar-refractivity contribution in [2.45, 2.75) is 42.4 Å². The maximum Gasteiger partial charge on any atom is 0.416 e. The van der Waals surface area contributed by atoms with Crippen LogP contribution in [-0.2, 0) is 20.8 Å². The number of likely N-dealkylation sites (tertiary alicyclic amines) is 1. The van der Waals surface area contributed by atoms with Crippen molar-refractivity contribution in [1.29, 1.82) is 0 Å². The number of carbonyl (C=O) groups is 2. The molecule has 4 atom stereocenters. The van der Waals surface area contributed by atoms with Crippen LogP contribution >= 0.6 is 0 Å². The Kier molecular flexibility index (Phi) is 5.89. The lowest BCUT2D eigenvalue weighted by Gasteiger charge is -2.29. The molecule has 1 unspecified atom stereocenters. The molecule has 1 saturated heterocycles. The molecule has 36 heavy (non-hydrogen) atoms. The summed E-state index contributed by atoms with van der Waals surface area (Å²) in [6, 6.07) is 6.30. The smallest absolute Gasteiger partial charge is 0.347 e. The lowest BCUT2D eigenvalue weighted by atomic mass is 9.99. The van der Waals surface area contributed by atoms with Crippen molar-refractivity contribution in [3.63, 3.8) is 0 Å². The Balaban J connectivity index is 1.38. The maximum atomic E-state index is 14.7. The van der Waals surface area contributed by atoms with Gasteiger partial charge in [0.15, 0.2) is 9.84 Å². The van der Waals surface area contributed by atoms with Crippen LogP contribution in [0.2, 0.25) is 0 Å². The average molecular weight is 525 g/mol. The number of hydrogen-bond donors (Lipinski definition) is 1. The normalized spacial score (nSPS) is 24.2. The number of hydrogen-bond acceptors (Lipinski definition) is 4. The molecular formula is C25H24F4N2O4S. The summed E-state index contributed by atoms with van der Waals surface area (Å²) >= 11 is 0. The molecular weight excluding hydrogens is 500 g/mol. The summed E-state index contributed by atoms with van der Waals surface area (Å²) in [6.45, 7) is 0.341. The summed E-state index contributed by atoms with van der Waals surface area (Å²) in [5, 5.41) is 2.82. The highest BCUT2D eigenvalue weighted by atomic mass is 32.2. The van der Waals surface area contributed by atoms with E-state index in [1.165, 1.54) is 29.2 Å². The third kappa shape index (κ3) is 4.72. The molecule has 11 heteroatoms. The summed E-state index contributed by atoms with van der Waals surface area (Å²) < 4.78 is 77.5. The Labute approximate surface area is 205 Å². The summed E-state index contributed by atoms with van der Waals surface area (Å²) in [6.07, 6.45) is -1.49. The number of piperidine rings is 1. The minimum Gasteiger partial charge on any atom is -0.347 e. The topological polar surface area (TPSA) is 83.6 Å². The molecule has 0 radical (unpaired) electrons. The van der Waals surface area contributed by atoms with Gasteiger partial charge in [-0.25, -0.2) is 12.8 Å². The molecule has 5 rings (SSSR count). The first-order valence-electron chi connectivity index (χ1n) is 11.6. The SMILES string of the molecule is CS(=O)(=O)c1cccc(C(=O)N2C[C@@H]3C[C@@H]3[C@@H]2C(=O)NC(c2ccc(C(F)(F)F)cc2F)C2CC2)c1. The monoisotopic (exact) mass is 524 g/mol. The first kappa shape index (κ1) is 24.7. The van der Waals surface area contributed by atoms with Crippen LogP contribution in [0.25, 0.3) is 0 Å². The number of fused-ring (bicyclic) bond motifs is 1. The number of nitrogens with one attached hydrogen (secondary N) is 1. The average Bonchev–Trinajstić information content (AvgIpc) is 3.74. The van der Waals surface area contributed by atoms with Crippen molar-refractivity contribution in [3.05, 3.63) is 65.0 Å². The number of halogens is 4. The van der Waals surface area contributed by atoms with Crippen molar-refractivity contribution < 1.29 is 35.6 Å². The molecule has 2 aromatic rings. The Morgan fingerprint density at radius 3 is 2.44 bits per heavy atom. The predicted molar refractivity (Wildman–Crippen MR) is 121 cm³/mol. The van der Waals surface area contributed by atoms with Crippen LogP contribution in [0.4, 0.5) is 17.6 Å². The van der Waals surface area contributed by atoms with Crippen molar-refractivity contribution in [3.8, 4) is 0 Å². The number of sulfone groups is 1. The largest absolute Gasteiger partial charge is 0.416 e. The number of nitrogens with zero attached hydrogens (tertiary/aromatic N) is 1. The van der Waals surface area contributed by atoms with Gasteiger partial charge in [-0.2, -0.15) is 13.2 Å². The maximum absolute atomic E-state index is 14.7. The zero-order valence-corrected chi connectivity index (χ0v) is 20.1. The van der Waals surface area contributed by atoms with E-state index in [-0.39, 0.29) is 33.8 Å². The van der Waals surface area contributed by atoms with Gasteiger partial charge in [0.05, 0.1) is 16.5 Å². The minimum absolute atomic E-state index is 0.00900. The van der Waals surface area contributed by atoms with E-state index >= 15 is 0 Å². The molecule has 2 aromatic carbocycles. The number of alkyl halides is 3. The van der Waals surface area contributed by atoms with E-state index in [0.29, 0.717) is 25.5 Å².